The van der Waals surface area contributed by atoms with E-state index in [9.17, 15) is 10.1 Å². The highest BCUT2D eigenvalue weighted by Gasteiger charge is 2.16. The van der Waals surface area contributed by atoms with Crippen molar-refractivity contribution < 1.29 is 9.53 Å². The van der Waals surface area contributed by atoms with Gasteiger partial charge in [-0.3, -0.25) is 0 Å². The van der Waals surface area contributed by atoms with Crippen LogP contribution in [0.5, 0.6) is 0 Å². The Kier molecular flexibility index (Phi) is 7.99. The molecular weight excluding hydrogens is 480 g/mol. The topological polar surface area (TPSA) is 87.0 Å². The van der Waals surface area contributed by atoms with E-state index in [1.54, 1.807) is 19.2 Å². The average Bonchev–Trinajstić information content (AvgIpc) is 3.31. The minimum absolute atomic E-state index is 0.293. The summed E-state index contributed by atoms with van der Waals surface area (Å²) in [6.45, 7) is 3.10. The number of hydrogen-bond acceptors (Lipinski definition) is 7. The van der Waals surface area contributed by atoms with Gasteiger partial charge in [0.2, 0.25) is 0 Å². The summed E-state index contributed by atoms with van der Waals surface area (Å²) in [4.78, 5) is 17.7. The minimum Gasteiger partial charge on any atom is -0.462 e. The highest BCUT2D eigenvalue weighted by atomic mass is 35.5. The number of nitrogens with one attached hydrogen (secondary N) is 2. The maximum atomic E-state index is 12.6. The summed E-state index contributed by atoms with van der Waals surface area (Å²) in [6, 6.07) is 23.3. The van der Waals surface area contributed by atoms with E-state index >= 15 is 0 Å². The minimum atomic E-state index is -0.386. The van der Waals surface area contributed by atoms with Gasteiger partial charge in [0.25, 0.3) is 0 Å². The standard InChI is InChI=1S/C27H23ClN4O2S/c1-2-34-26(33)23-8-5-9-24(30-16-21-17-32-27(28)35-21)25(23)31-15-18-10-12-19(13-11-18)22-7-4-3-6-20(22)14-29/h3-13,17,30-31H,2,15-16H2,1H3. The molecular formula is C27H23ClN4O2S. The Morgan fingerprint density at radius 1 is 1.06 bits per heavy atom. The smallest absolute Gasteiger partial charge is 0.340 e. The normalized spacial score (nSPS) is 10.4. The molecule has 0 unspecified atom stereocenters. The number of carbonyl (C=O) groups excluding carboxylic acids is 1. The highest BCUT2D eigenvalue weighted by molar-refractivity contribution is 7.15. The van der Waals surface area contributed by atoms with Crippen LogP contribution in [0.15, 0.2) is 72.9 Å². The molecule has 0 saturated heterocycles. The van der Waals surface area contributed by atoms with Gasteiger partial charge in [0.1, 0.15) is 0 Å². The zero-order chi connectivity index (χ0) is 24.6. The summed E-state index contributed by atoms with van der Waals surface area (Å²) in [6.07, 6.45) is 1.73. The molecule has 0 aliphatic carbocycles. The molecule has 8 heteroatoms. The van der Waals surface area contributed by atoms with E-state index in [-0.39, 0.29) is 5.97 Å². The van der Waals surface area contributed by atoms with Crippen LogP contribution in [0.2, 0.25) is 4.47 Å². The molecule has 0 aliphatic rings. The Bertz CT molecular complexity index is 1360. The number of anilines is 2. The third-order valence-corrected chi connectivity index (χ3v) is 6.43. The Hall–Kier alpha value is -3.86. The van der Waals surface area contributed by atoms with Crippen molar-refractivity contribution in [3.63, 3.8) is 0 Å². The van der Waals surface area contributed by atoms with Crippen LogP contribution in [-0.2, 0) is 17.8 Å². The zero-order valence-electron chi connectivity index (χ0n) is 19.0. The number of carbonyl (C=O) groups is 1. The number of esters is 1. The third-order valence-electron chi connectivity index (χ3n) is 5.32. The lowest BCUT2D eigenvalue weighted by molar-refractivity contribution is 0.0527. The predicted molar refractivity (Wildman–Crippen MR) is 141 cm³/mol. The number of nitrogens with zero attached hydrogens (tertiary/aromatic N) is 2. The van der Waals surface area contributed by atoms with Gasteiger partial charge in [-0.1, -0.05) is 60.1 Å². The predicted octanol–water partition coefficient (Wildman–Crippen LogP) is 6.74. The van der Waals surface area contributed by atoms with Crippen molar-refractivity contribution >= 4 is 40.3 Å². The average molecular weight is 503 g/mol. The number of nitriles is 1. The van der Waals surface area contributed by atoms with Crippen LogP contribution in [0.3, 0.4) is 0 Å². The monoisotopic (exact) mass is 502 g/mol. The molecule has 1 aromatic heterocycles. The summed E-state index contributed by atoms with van der Waals surface area (Å²) in [5, 5.41) is 16.2. The van der Waals surface area contributed by atoms with Gasteiger partial charge in [-0.2, -0.15) is 5.26 Å². The first-order valence-electron chi connectivity index (χ1n) is 11.1. The highest BCUT2D eigenvalue weighted by Crippen LogP contribution is 2.30. The number of benzene rings is 3. The molecule has 1 heterocycles. The summed E-state index contributed by atoms with van der Waals surface area (Å²) in [5.41, 5.74) is 5.45. The van der Waals surface area contributed by atoms with E-state index in [2.05, 4.69) is 21.7 Å². The SMILES string of the molecule is CCOC(=O)c1cccc(NCc2cnc(Cl)s2)c1NCc1ccc(-c2ccccc2C#N)cc1. The van der Waals surface area contributed by atoms with Gasteiger partial charge in [0, 0.05) is 17.6 Å². The first kappa shape index (κ1) is 24.3. The van der Waals surface area contributed by atoms with Crippen molar-refractivity contribution in [3.05, 3.63) is 99.0 Å². The first-order chi connectivity index (χ1) is 17.1. The van der Waals surface area contributed by atoms with Gasteiger partial charge in [-0.15, -0.1) is 11.3 Å². The van der Waals surface area contributed by atoms with E-state index in [0.717, 1.165) is 27.3 Å². The molecule has 4 aromatic rings. The van der Waals surface area contributed by atoms with Crippen molar-refractivity contribution in [2.45, 2.75) is 20.0 Å². The van der Waals surface area contributed by atoms with Crippen LogP contribution in [0.1, 0.15) is 33.3 Å². The summed E-state index contributed by atoms with van der Waals surface area (Å²) in [7, 11) is 0. The summed E-state index contributed by atoms with van der Waals surface area (Å²) >= 11 is 7.35. The molecule has 4 rings (SSSR count). The van der Waals surface area contributed by atoms with Crippen LogP contribution < -0.4 is 10.6 Å². The molecule has 3 aromatic carbocycles. The lowest BCUT2D eigenvalue weighted by Crippen LogP contribution is -2.12. The number of thiazole rings is 1. The second kappa shape index (κ2) is 11.5. The Morgan fingerprint density at radius 3 is 2.57 bits per heavy atom. The van der Waals surface area contributed by atoms with Gasteiger partial charge < -0.3 is 15.4 Å². The van der Waals surface area contributed by atoms with Gasteiger partial charge in [0.15, 0.2) is 4.47 Å². The first-order valence-corrected chi connectivity index (χ1v) is 12.2. The third kappa shape index (κ3) is 5.99. The number of halogens is 1. The molecule has 0 saturated carbocycles. The van der Waals surface area contributed by atoms with Crippen molar-refractivity contribution in [1.29, 1.82) is 5.26 Å². The number of aromatic nitrogens is 1. The van der Waals surface area contributed by atoms with E-state index in [0.29, 0.717) is 41.0 Å². The number of ether oxygens (including phenoxy) is 1. The van der Waals surface area contributed by atoms with Crippen molar-refractivity contribution in [2.75, 3.05) is 17.2 Å². The molecule has 0 spiro atoms. The largest absolute Gasteiger partial charge is 0.462 e. The number of rotatable bonds is 9. The van der Waals surface area contributed by atoms with Crippen molar-refractivity contribution in [3.8, 4) is 17.2 Å². The van der Waals surface area contributed by atoms with Crippen LogP contribution in [0, 0.1) is 11.3 Å². The molecule has 0 bridgehead atoms. The molecule has 0 fully saturated rings. The van der Waals surface area contributed by atoms with E-state index in [1.807, 2.05) is 60.7 Å². The van der Waals surface area contributed by atoms with Gasteiger partial charge >= 0.3 is 5.97 Å². The second-order valence-electron chi connectivity index (χ2n) is 7.59. The Balaban J connectivity index is 1.55. The molecule has 0 atom stereocenters. The molecule has 0 aliphatic heterocycles. The lowest BCUT2D eigenvalue weighted by atomic mass is 9.99. The van der Waals surface area contributed by atoms with Crippen LogP contribution in [-0.4, -0.2) is 17.6 Å². The Morgan fingerprint density at radius 2 is 1.86 bits per heavy atom. The van der Waals surface area contributed by atoms with Crippen molar-refractivity contribution in [1.82, 2.24) is 4.98 Å². The molecule has 176 valence electrons. The molecule has 0 radical (unpaired) electrons. The summed E-state index contributed by atoms with van der Waals surface area (Å²) in [5.74, 6) is -0.386. The number of hydrogen-bond donors (Lipinski definition) is 2. The molecule has 6 nitrogen and oxygen atoms in total. The van der Waals surface area contributed by atoms with Crippen LogP contribution >= 0.6 is 22.9 Å². The maximum Gasteiger partial charge on any atom is 0.340 e. The zero-order valence-corrected chi connectivity index (χ0v) is 20.6. The van der Waals surface area contributed by atoms with E-state index < -0.39 is 0 Å². The van der Waals surface area contributed by atoms with Gasteiger partial charge in [-0.25, -0.2) is 9.78 Å². The lowest BCUT2D eigenvalue weighted by Gasteiger charge is -2.17. The van der Waals surface area contributed by atoms with Crippen LogP contribution in [0.25, 0.3) is 11.1 Å². The fraction of sp³-hybridized carbons (Fsp3) is 0.148. The Labute approximate surface area is 213 Å². The molecule has 0 amide bonds. The molecule has 35 heavy (non-hydrogen) atoms. The fourth-order valence-corrected chi connectivity index (χ4v) is 4.56. The van der Waals surface area contributed by atoms with Crippen LogP contribution in [0.4, 0.5) is 11.4 Å². The summed E-state index contributed by atoms with van der Waals surface area (Å²) < 4.78 is 5.76. The van der Waals surface area contributed by atoms with E-state index in [4.69, 9.17) is 16.3 Å². The number of para-hydroxylation sites is 1. The quantitative estimate of drug-likeness (QED) is 0.246. The van der Waals surface area contributed by atoms with Gasteiger partial charge in [0.05, 0.1) is 41.7 Å². The van der Waals surface area contributed by atoms with E-state index in [1.165, 1.54) is 11.3 Å². The molecule has 2 N–H and O–H groups in total. The second-order valence-corrected chi connectivity index (χ2v) is 9.29. The van der Waals surface area contributed by atoms with Crippen molar-refractivity contribution in [2.24, 2.45) is 0 Å². The van der Waals surface area contributed by atoms with Gasteiger partial charge in [-0.05, 0) is 41.8 Å². The maximum absolute atomic E-state index is 12.6. The fourth-order valence-electron chi connectivity index (χ4n) is 3.64.